The predicted molar refractivity (Wildman–Crippen MR) is 107 cm³/mol. The number of rotatable bonds is 4. The Kier molecular flexibility index (Phi) is 4.93. The van der Waals surface area contributed by atoms with Gasteiger partial charge >= 0.3 is 0 Å². The number of nitrogens with zero attached hydrogens (tertiary/aromatic N) is 3. The third-order valence-corrected chi connectivity index (χ3v) is 5.53. The molecule has 146 valence electrons. The minimum absolute atomic E-state index is 0.0685. The number of amides is 1. The molecule has 1 N–H and O–H groups in total. The second kappa shape index (κ2) is 7.25. The van der Waals surface area contributed by atoms with Crippen molar-refractivity contribution >= 4 is 32.9 Å². The van der Waals surface area contributed by atoms with Crippen molar-refractivity contribution in [3.63, 3.8) is 0 Å². The summed E-state index contributed by atoms with van der Waals surface area (Å²) in [6.07, 6.45) is 3.28. The van der Waals surface area contributed by atoms with Crippen LogP contribution in [0.15, 0.2) is 29.0 Å². The Bertz CT molecular complexity index is 1080. The first kappa shape index (κ1) is 19.0. The molecule has 6 nitrogen and oxygen atoms in total. The summed E-state index contributed by atoms with van der Waals surface area (Å²) >= 11 is 3.24. The van der Waals surface area contributed by atoms with Crippen molar-refractivity contribution in [3.05, 3.63) is 57.3 Å². The van der Waals surface area contributed by atoms with E-state index in [-0.39, 0.29) is 17.7 Å². The van der Waals surface area contributed by atoms with E-state index in [9.17, 15) is 9.18 Å². The van der Waals surface area contributed by atoms with Gasteiger partial charge in [0.25, 0.3) is 5.91 Å². The van der Waals surface area contributed by atoms with Gasteiger partial charge in [0.15, 0.2) is 0 Å². The quantitative estimate of drug-likeness (QED) is 0.648. The molecule has 3 aromatic heterocycles. The molecule has 28 heavy (non-hydrogen) atoms. The maximum atomic E-state index is 14.7. The lowest BCUT2D eigenvalue weighted by molar-refractivity contribution is 0.0797. The number of fused-ring (bicyclic) bond motifs is 3. The van der Waals surface area contributed by atoms with Gasteiger partial charge in [0.05, 0.1) is 35.5 Å². The normalized spacial score (nSPS) is 17.0. The minimum atomic E-state index is -0.507. The molecule has 1 aliphatic heterocycles. The van der Waals surface area contributed by atoms with Crippen LogP contribution < -0.4 is 5.32 Å². The fourth-order valence-electron chi connectivity index (χ4n) is 3.75. The van der Waals surface area contributed by atoms with Gasteiger partial charge in [-0.05, 0) is 48.8 Å². The van der Waals surface area contributed by atoms with Gasteiger partial charge in [-0.1, -0.05) is 0 Å². The van der Waals surface area contributed by atoms with Crippen LogP contribution in [-0.2, 0) is 11.3 Å². The van der Waals surface area contributed by atoms with Crippen LogP contribution in [0, 0.1) is 5.82 Å². The lowest BCUT2D eigenvalue weighted by Gasteiger charge is -2.20. The maximum absolute atomic E-state index is 14.7. The van der Waals surface area contributed by atoms with Crippen molar-refractivity contribution in [1.82, 2.24) is 19.9 Å². The molecule has 0 aromatic carbocycles. The Balaban J connectivity index is 1.98. The number of nitrogens with one attached hydrogen (secondary N) is 1. The average Bonchev–Trinajstić information content (AvgIpc) is 3.22. The van der Waals surface area contributed by atoms with E-state index in [1.807, 2.05) is 25.3 Å². The van der Waals surface area contributed by atoms with Crippen LogP contribution in [-0.4, -0.2) is 27.0 Å². The van der Waals surface area contributed by atoms with Crippen molar-refractivity contribution in [2.45, 2.75) is 39.5 Å². The molecule has 4 heterocycles. The first-order valence-corrected chi connectivity index (χ1v) is 9.95. The third kappa shape index (κ3) is 3.00. The van der Waals surface area contributed by atoms with Crippen LogP contribution in [0.4, 0.5) is 4.39 Å². The zero-order valence-corrected chi connectivity index (χ0v) is 17.4. The number of pyridine rings is 2. The van der Waals surface area contributed by atoms with Crippen LogP contribution >= 0.6 is 15.9 Å². The van der Waals surface area contributed by atoms with Crippen molar-refractivity contribution in [2.75, 3.05) is 6.54 Å². The first-order valence-electron chi connectivity index (χ1n) is 9.15. The van der Waals surface area contributed by atoms with Gasteiger partial charge in [0, 0.05) is 34.5 Å². The van der Waals surface area contributed by atoms with Gasteiger partial charge in [-0.15, -0.1) is 0 Å². The number of aromatic nitrogens is 3. The fraction of sp³-hybridized carbons (Fsp3) is 0.350. The minimum Gasteiger partial charge on any atom is -0.369 e. The van der Waals surface area contributed by atoms with Crippen LogP contribution in [0.25, 0.3) is 11.0 Å². The maximum Gasteiger partial charge on any atom is 0.268 e. The van der Waals surface area contributed by atoms with Crippen LogP contribution in [0.3, 0.4) is 0 Å². The molecule has 8 heteroatoms. The van der Waals surface area contributed by atoms with Gasteiger partial charge in [0.2, 0.25) is 0 Å². The smallest absolute Gasteiger partial charge is 0.268 e. The van der Waals surface area contributed by atoms with Gasteiger partial charge < -0.3 is 14.6 Å². The van der Waals surface area contributed by atoms with E-state index in [4.69, 9.17) is 4.74 Å². The zero-order chi connectivity index (χ0) is 20.0. The Hall–Kier alpha value is -2.32. The van der Waals surface area contributed by atoms with Gasteiger partial charge in [-0.25, -0.2) is 4.39 Å². The summed E-state index contributed by atoms with van der Waals surface area (Å²) in [5.74, 6) is -0.665. The summed E-state index contributed by atoms with van der Waals surface area (Å²) in [6.45, 7) is 6.58. The standard InChI is InChI=1S/C20H20BrFN4O2/c1-4-23-20(27)17-6-16-19(14-9-28-11(3)13(14)8-24-16)26(17)10(2)18-15(22)5-12(21)7-25-18/h5-8,10-11H,4,9H2,1-3H3,(H,23,27)/t10-,11?/m0/s1. The van der Waals surface area contributed by atoms with E-state index in [2.05, 4.69) is 31.2 Å². The van der Waals surface area contributed by atoms with E-state index in [1.54, 1.807) is 18.5 Å². The Labute approximate surface area is 170 Å². The van der Waals surface area contributed by atoms with E-state index >= 15 is 0 Å². The molecular formula is C20H20BrFN4O2. The highest BCUT2D eigenvalue weighted by molar-refractivity contribution is 9.10. The SMILES string of the molecule is CCNC(=O)c1cc2ncc3c(c2n1[C@@H](C)c1ncc(Br)cc1F)COC3C. The summed E-state index contributed by atoms with van der Waals surface area (Å²) in [6, 6.07) is 2.62. The summed E-state index contributed by atoms with van der Waals surface area (Å²) in [4.78, 5) is 21.6. The largest absolute Gasteiger partial charge is 0.369 e. The van der Waals surface area contributed by atoms with Gasteiger partial charge in [-0.3, -0.25) is 14.8 Å². The Morgan fingerprint density at radius 3 is 2.93 bits per heavy atom. The van der Waals surface area contributed by atoms with E-state index in [0.29, 0.717) is 28.8 Å². The van der Waals surface area contributed by atoms with Crippen molar-refractivity contribution in [1.29, 1.82) is 0 Å². The molecule has 0 fully saturated rings. The zero-order valence-electron chi connectivity index (χ0n) is 15.8. The molecule has 2 atom stereocenters. The molecule has 3 aromatic rings. The molecule has 0 saturated heterocycles. The number of carbonyl (C=O) groups is 1. The molecule has 0 spiro atoms. The average molecular weight is 447 g/mol. The summed E-state index contributed by atoms with van der Waals surface area (Å²) < 4.78 is 22.8. The molecule has 4 rings (SSSR count). The highest BCUT2D eigenvalue weighted by Gasteiger charge is 2.29. The lowest BCUT2D eigenvalue weighted by Crippen LogP contribution is -2.27. The topological polar surface area (TPSA) is 69.0 Å². The van der Waals surface area contributed by atoms with Gasteiger partial charge in [-0.2, -0.15) is 0 Å². The number of hydrogen-bond donors (Lipinski definition) is 1. The summed E-state index contributed by atoms with van der Waals surface area (Å²) in [5, 5.41) is 2.83. The van der Waals surface area contributed by atoms with Crippen LogP contribution in [0.2, 0.25) is 0 Å². The molecule has 0 aliphatic carbocycles. The molecular weight excluding hydrogens is 427 g/mol. The molecule has 0 radical (unpaired) electrons. The monoisotopic (exact) mass is 446 g/mol. The summed E-state index contributed by atoms with van der Waals surface area (Å²) in [7, 11) is 0. The van der Waals surface area contributed by atoms with Crippen LogP contribution in [0.5, 0.6) is 0 Å². The number of carbonyl (C=O) groups excluding carboxylic acids is 1. The second-order valence-electron chi connectivity index (χ2n) is 6.83. The predicted octanol–water partition coefficient (Wildman–Crippen LogP) is 4.28. The number of hydrogen-bond acceptors (Lipinski definition) is 4. The molecule has 1 unspecified atom stereocenters. The third-order valence-electron chi connectivity index (χ3n) is 5.10. The van der Waals surface area contributed by atoms with Crippen molar-refractivity contribution in [3.8, 4) is 0 Å². The van der Waals surface area contributed by atoms with E-state index in [0.717, 1.165) is 16.6 Å². The molecule has 0 bridgehead atoms. The second-order valence-corrected chi connectivity index (χ2v) is 7.75. The summed E-state index contributed by atoms with van der Waals surface area (Å²) in [5.41, 5.74) is 4.13. The molecule has 1 amide bonds. The van der Waals surface area contributed by atoms with E-state index in [1.165, 1.54) is 6.07 Å². The Morgan fingerprint density at radius 1 is 1.43 bits per heavy atom. The highest BCUT2D eigenvalue weighted by atomic mass is 79.9. The van der Waals surface area contributed by atoms with Crippen LogP contribution in [0.1, 0.15) is 60.2 Å². The fourth-order valence-corrected chi connectivity index (χ4v) is 4.05. The van der Waals surface area contributed by atoms with E-state index < -0.39 is 11.9 Å². The van der Waals surface area contributed by atoms with Crippen molar-refractivity contribution < 1.29 is 13.9 Å². The molecule has 0 saturated carbocycles. The highest BCUT2D eigenvalue weighted by Crippen LogP contribution is 2.38. The van der Waals surface area contributed by atoms with Crippen molar-refractivity contribution in [2.24, 2.45) is 0 Å². The first-order chi connectivity index (χ1) is 13.4. The lowest BCUT2D eigenvalue weighted by atomic mass is 10.1. The number of halogens is 2. The number of ether oxygens (including phenoxy) is 1. The molecule has 1 aliphatic rings. The Morgan fingerprint density at radius 2 is 2.21 bits per heavy atom. The van der Waals surface area contributed by atoms with Gasteiger partial charge in [0.1, 0.15) is 11.5 Å².